The number of carbonyl (C=O) groups is 1. The smallest absolute Gasteiger partial charge is 0.270 e. The van der Waals surface area contributed by atoms with Gasteiger partial charge in [-0.1, -0.05) is 20.8 Å². The first-order chi connectivity index (χ1) is 9.38. The first kappa shape index (κ1) is 15.2. The van der Waals surface area contributed by atoms with Gasteiger partial charge in [-0.2, -0.15) is 11.3 Å². The van der Waals surface area contributed by atoms with Crippen molar-refractivity contribution in [1.29, 1.82) is 0 Å². The van der Waals surface area contributed by atoms with Gasteiger partial charge in [0.1, 0.15) is 10.7 Å². The van der Waals surface area contributed by atoms with Crippen molar-refractivity contribution in [2.45, 2.75) is 26.9 Å². The third kappa shape index (κ3) is 3.65. The molecule has 0 spiro atoms. The van der Waals surface area contributed by atoms with E-state index in [4.69, 9.17) is 0 Å². The number of amides is 1. The molecule has 20 heavy (non-hydrogen) atoms. The Bertz CT molecular complexity index is 570. The second-order valence-electron chi connectivity index (χ2n) is 5.64. The van der Waals surface area contributed by atoms with Crippen molar-refractivity contribution in [3.63, 3.8) is 0 Å². The maximum atomic E-state index is 12.0. The lowest BCUT2D eigenvalue weighted by atomic mass is 9.89. The van der Waals surface area contributed by atoms with Gasteiger partial charge in [0, 0.05) is 22.9 Å². The van der Waals surface area contributed by atoms with E-state index >= 15 is 0 Å². The number of nitrogens with zero attached hydrogens (tertiary/aromatic N) is 1. The first-order valence-electron chi connectivity index (χ1n) is 6.32. The van der Waals surface area contributed by atoms with Gasteiger partial charge < -0.3 is 10.4 Å². The summed E-state index contributed by atoms with van der Waals surface area (Å²) in [6.45, 7) is 6.03. The molecule has 2 aromatic rings. The van der Waals surface area contributed by atoms with E-state index in [2.05, 4.69) is 10.3 Å². The van der Waals surface area contributed by atoms with Gasteiger partial charge in [0.05, 0.1) is 6.10 Å². The van der Waals surface area contributed by atoms with Crippen molar-refractivity contribution >= 4 is 28.6 Å². The number of aliphatic hydroxyl groups excluding tert-OH is 1. The molecule has 0 saturated heterocycles. The zero-order chi connectivity index (χ0) is 14.8. The van der Waals surface area contributed by atoms with Gasteiger partial charge in [0.2, 0.25) is 0 Å². The van der Waals surface area contributed by atoms with Crippen LogP contribution in [0.25, 0.3) is 10.6 Å². The predicted octanol–water partition coefficient (Wildman–Crippen LogP) is 3.01. The Balaban J connectivity index is 1.97. The molecule has 2 heterocycles. The summed E-state index contributed by atoms with van der Waals surface area (Å²) in [6.07, 6.45) is -0.582. The molecule has 1 amide bonds. The Labute approximate surface area is 126 Å². The molecular weight excluding hydrogens is 292 g/mol. The van der Waals surface area contributed by atoms with E-state index in [1.165, 1.54) is 11.3 Å². The summed E-state index contributed by atoms with van der Waals surface area (Å²) < 4.78 is 0. The van der Waals surface area contributed by atoms with Gasteiger partial charge in [-0.05, 0) is 16.9 Å². The molecule has 1 unspecified atom stereocenters. The lowest BCUT2D eigenvalue weighted by Crippen LogP contribution is -2.39. The molecule has 2 N–H and O–H groups in total. The minimum atomic E-state index is -0.582. The van der Waals surface area contributed by atoms with Crippen LogP contribution in [0.3, 0.4) is 0 Å². The first-order valence-corrected chi connectivity index (χ1v) is 8.14. The second kappa shape index (κ2) is 6.03. The van der Waals surface area contributed by atoms with Crippen LogP contribution in [0.4, 0.5) is 0 Å². The maximum Gasteiger partial charge on any atom is 0.270 e. The van der Waals surface area contributed by atoms with E-state index in [9.17, 15) is 9.90 Å². The summed E-state index contributed by atoms with van der Waals surface area (Å²) in [4.78, 5) is 16.3. The van der Waals surface area contributed by atoms with Crippen LogP contribution < -0.4 is 5.32 Å². The minimum Gasteiger partial charge on any atom is -0.391 e. The van der Waals surface area contributed by atoms with Crippen molar-refractivity contribution in [2.24, 2.45) is 5.41 Å². The molecule has 0 aliphatic rings. The number of thiophene rings is 1. The zero-order valence-electron chi connectivity index (χ0n) is 11.7. The van der Waals surface area contributed by atoms with Crippen LogP contribution >= 0.6 is 22.7 Å². The Morgan fingerprint density at radius 3 is 2.80 bits per heavy atom. The van der Waals surface area contributed by atoms with Crippen molar-refractivity contribution in [1.82, 2.24) is 10.3 Å². The fourth-order valence-electron chi connectivity index (χ4n) is 1.48. The molecule has 0 saturated carbocycles. The van der Waals surface area contributed by atoms with E-state index in [-0.39, 0.29) is 17.9 Å². The van der Waals surface area contributed by atoms with Crippen molar-refractivity contribution in [2.75, 3.05) is 6.54 Å². The van der Waals surface area contributed by atoms with Crippen molar-refractivity contribution in [3.05, 3.63) is 27.9 Å². The van der Waals surface area contributed by atoms with Gasteiger partial charge >= 0.3 is 0 Å². The number of nitrogens with one attached hydrogen (secondary N) is 1. The Hall–Kier alpha value is -1.24. The molecule has 108 valence electrons. The Morgan fingerprint density at radius 1 is 1.45 bits per heavy atom. The second-order valence-corrected chi connectivity index (χ2v) is 7.28. The third-order valence-electron chi connectivity index (χ3n) is 2.96. The SMILES string of the molecule is CC(C)(C)C(O)CNC(=O)c1csc(-c2ccsc2)n1. The highest BCUT2D eigenvalue weighted by molar-refractivity contribution is 7.14. The number of aromatic nitrogens is 1. The highest BCUT2D eigenvalue weighted by Gasteiger charge is 2.23. The Morgan fingerprint density at radius 2 is 2.20 bits per heavy atom. The number of carbonyl (C=O) groups excluding carboxylic acids is 1. The van der Waals surface area contributed by atoms with Crippen LogP contribution in [0.2, 0.25) is 0 Å². The average molecular weight is 310 g/mol. The molecule has 0 aliphatic heterocycles. The van der Waals surface area contributed by atoms with Crippen molar-refractivity contribution < 1.29 is 9.90 Å². The molecular formula is C14H18N2O2S2. The van der Waals surface area contributed by atoms with Gasteiger partial charge in [-0.25, -0.2) is 4.98 Å². The van der Waals surface area contributed by atoms with Gasteiger partial charge in [-0.3, -0.25) is 4.79 Å². The molecule has 0 aliphatic carbocycles. The van der Waals surface area contributed by atoms with Gasteiger partial charge in [0.25, 0.3) is 5.91 Å². The highest BCUT2D eigenvalue weighted by Crippen LogP contribution is 2.25. The molecule has 1 atom stereocenters. The summed E-state index contributed by atoms with van der Waals surface area (Å²) in [5.74, 6) is -0.244. The molecule has 0 fully saturated rings. The van der Waals surface area contributed by atoms with E-state index < -0.39 is 6.10 Å². The normalized spacial score (nSPS) is 13.2. The summed E-state index contributed by atoms with van der Waals surface area (Å²) in [7, 11) is 0. The molecule has 6 heteroatoms. The van der Waals surface area contributed by atoms with Crippen LogP contribution in [-0.2, 0) is 0 Å². The average Bonchev–Trinajstić information content (AvgIpc) is 3.03. The van der Waals surface area contributed by atoms with E-state index in [0.717, 1.165) is 10.6 Å². The number of rotatable bonds is 4. The topological polar surface area (TPSA) is 62.2 Å². The fraction of sp³-hybridized carbons (Fsp3) is 0.429. The largest absolute Gasteiger partial charge is 0.391 e. The number of thiazole rings is 1. The molecule has 0 aromatic carbocycles. The lowest BCUT2D eigenvalue weighted by molar-refractivity contribution is 0.0585. The van der Waals surface area contributed by atoms with E-state index in [1.807, 2.05) is 37.6 Å². The van der Waals surface area contributed by atoms with Crippen LogP contribution in [0.5, 0.6) is 0 Å². The van der Waals surface area contributed by atoms with Crippen LogP contribution in [0.15, 0.2) is 22.2 Å². The summed E-state index contributed by atoms with van der Waals surface area (Å²) in [5.41, 5.74) is 1.18. The minimum absolute atomic E-state index is 0.230. The highest BCUT2D eigenvalue weighted by atomic mass is 32.1. The standard InChI is InChI=1S/C14H18N2O2S2/c1-14(2,3)11(17)6-15-12(18)10-8-20-13(16-10)9-4-5-19-7-9/h4-5,7-8,11,17H,6H2,1-3H3,(H,15,18). The Kier molecular flexibility index (Phi) is 4.57. The maximum absolute atomic E-state index is 12.0. The zero-order valence-corrected chi connectivity index (χ0v) is 13.3. The van der Waals surface area contributed by atoms with Gasteiger partial charge in [-0.15, -0.1) is 11.3 Å². The number of aliphatic hydroxyl groups is 1. The number of hydrogen-bond donors (Lipinski definition) is 2. The van der Waals surface area contributed by atoms with Crippen LogP contribution in [0, 0.1) is 5.41 Å². The van der Waals surface area contributed by atoms with E-state index in [0.29, 0.717) is 5.69 Å². The number of hydrogen-bond acceptors (Lipinski definition) is 5. The monoisotopic (exact) mass is 310 g/mol. The van der Waals surface area contributed by atoms with Crippen LogP contribution in [-0.4, -0.2) is 28.6 Å². The molecule has 2 aromatic heterocycles. The summed E-state index contributed by atoms with van der Waals surface area (Å²) in [5, 5.41) is 19.2. The summed E-state index contributed by atoms with van der Waals surface area (Å²) in [6, 6.07) is 1.98. The van der Waals surface area contributed by atoms with Crippen LogP contribution in [0.1, 0.15) is 31.3 Å². The molecule has 4 nitrogen and oxygen atoms in total. The van der Waals surface area contributed by atoms with Gasteiger partial charge in [0.15, 0.2) is 0 Å². The molecule has 2 rings (SSSR count). The fourth-order valence-corrected chi connectivity index (χ4v) is 3.00. The quantitative estimate of drug-likeness (QED) is 0.912. The third-order valence-corrected chi connectivity index (χ3v) is 4.54. The molecule has 0 radical (unpaired) electrons. The molecule has 0 bridgehead atoms. The predicted molar refractivity (Wildman–Crippen MR) is 83.2 cm³/mol. The lowest BCUT2D eigenvalue weighted by Gasteiger charge is -2.25. The van der Waals surface area contributed by atoms with E-state index in [1.54, 1.807) is 16.7 Å². The van der Waals surface area contributed by atoms with Crippen molar-refractivity contribution in [3.8, 4) is 10.6 Å². The summed E-state index contributed by atoms with van der Waals surface area (Å²) >= 11 is 3.05.